The standard InChI is InChI=1S/C13H15N3O2/c1-4-16-9(3)12(8(2)15-16)11-7-14-6-5-10(11)13(17)18/h5-7H,4H2,1-3H3,(H,17,18). The van der Waals surface area contributed by atoms with Crippen LogP contribution in [0.3, 0.4) is 0 Å². The third-order valence-corrected chi connectivity index (χ3v) is 3.00. The normalized spacial score (nSPS) is 10.6. The van der Waals surface area contributed by atoms with Gasteiger partial charge in [0.15, 0.2) is 0 Å². The van der Waals surface area contributed by atoms with Crippen molar-refractivity contribution < 1.29 is 9.90 Å². The number of aromatic carboxylic acids is 1. The fraction of sp³-hybridized carbons (Fsp3) is 0.308. The number of nitrogens with zero attached hydrogens (tertiary/aromatic N) is 3. The highest BCUT2D eigenvalue weighted by atomic mass is 16.4. The molecule has 0 aromatic carbocycles. The highest BCUT2D eigenvalue weighted by Crippen LogP contribution is 2.29. The number of carbonyl (C=O) groups is 1. The molecule has 2 aromatic rings. The van der Waals surface area contributed by atoms with E-state index in [1.807, 2.05) is 25.5 Å². The molecule has 0 spiro atoms. The quantitative estimate of drug-likeness (QED) is 0.900. The lowest BCUT2D eigenvalue weighted by molar-refractivity contribution is 0.0697. The van der Waals surface area contributed by atoms with Gasteiger partial charge in [0.05, 0.1) is 11.3 Å². The maximum absolute atomic E-state index is 11.2. The molecule has 0 aliphatic rings. The van der Waals surface area contributed by atoms with E-state index in [-0.39, 0.29) is 5.56 Å². The van der Waals surface area contributed by atoms with Crippen molar-refractivity contribution >= 4 is 5.97 Å². The lowest BCUT2D eigenvalue weighted by Gasteiger charge is -2.06. The molecule has 0 atom stereocenters. The topological polar surface area (TPSA) is 68.0 Å². The predicted molar refractivity (Wildman–Crippen MR) is 67.6 cm³/mol. The molecule has 5 heteroatoms. The molecule has 0 fully saturated rings. The Labute approximate surface area is 105 Å². The van der Waals surface area contributed by atoms with E-state index >= 15 is 0 Å². The summed E-state index contributed by atoms with van der Waals surface area (Å²) in [5.74, 6) is -0.949. The summed E-state index contributed by atoms with van der Waals surface area (Å²) >= 11 is 0. The number of aryl methyl sites for hydroxylation is 2. The second kappa shape index (κ2) is 4.60. The summed E-state index contributed by atoms with van der Waals surface area (Å²) in [5.41, 5.74) is 3.53. The summed E-state index contributed by atoms with van der Waals surface area (Å²) in [6, 6.07) is 1.51. The zero-order valence-electron chi connectivity index (χ0n) is 10.6. The SMILES string of the molecule is CCn1nc(C)c(-c2cnccc2C(=O)O)c1C. The average Bonchev–Trinajstić information content (AvgIpc) is 2.64. The predicted octanol–water partition coefficient (Wildman–Crippen LogP) is 2.28. The van der Waals surface area contributed by atoms with Crippen LogP contribution in [0.2, 0.25) is 0 Å². The Morgan fingerprint density at radius 2 is 2.17 bits per heavy atom. The first-order chi connectivity index (χ1) is 8.56. The molecular weight excluding hydrogens is 230 g/mol. The zero-order valence-corrected chi connectivity index (χ0v) is 10.6. The summed E-state index contributed by atoms with van der Waals surface area (Å²) in [6.45, 7) is 6.59. The molecule has 0 saturated heterocycles. The van der Waals surface area contributed by atoms with Crippen LogP contribution in [0.5, 0.6) is 0 Å². The van der Waals surface area contributed by atoms with Crippen LogP contribution in [0.1, 0.15) is 28.7 Å². The Kier molecular flexibility index (Phi) is 3.14. The van der Waals surface area contributed by atoms with Crippen molar-refractivity contribution in [2.45, 2.75) is 27.3 Å². The average molecular weight is 245 g/mol. The Hall–Kier alpha value is -2.17. The molecule has 18 heavy (non-hydrogen) atoms. The number of carboxylic acid groups (broad SMARTS) is 1. The van der Waals surface area contributed by atoms with Crippen LogP contribution < -0.4 is 0 Å². The van der Waals surface area contributed by atoms with Crippen molar-refractivity contribution in [2.24, 2.45) is 0 Å². The first-order valence-electron chi connectivity index (χ1n) is 5.78. The molecule has 0 aliphatic carbocycles. The number of aromatic nitrogens is 3. The number of hydrogen-bond donors (Lipinski definition) is 1. The van der Waals surface area contributed by atoms with E-state index in [1.54, 1.807) is 6.20 Å². The van der Waals surface area contributed by atoms with Gasteiger partial charge >= 0.3 is 5.97 Å². The van der Waals surface area contributed by atoms with E-state index in [4.69, 9.17) is 0 Å². The van der Waals surface area contributed by atoms with Crippen molar-refractivity contribution in [3.05, 3.63) is 35.4 Å². The van der Waals surface area contributed by atoms with Gasteiger partial charge in [-0.3, -0.25) is 9.67 Å². The van der Waals surface area contributed by atoms with Crippen molar-refractivity contribution in [2.75, 3.05) is 0 Å². The van der Waals surface area contributed by atoms with Crippen molar-refractivity contribution in [1.29, 1.82) is 0 Å². The zero-order chi connectivity index (χ0) is 13.3. The first kappa shape index (κ1) is 12.3. The van der Waals surface area contributed by atoms with Crippen molar-refractivity contribution in [3.63, 3.8) is 0 Å². The van der Waals surface area contributed by atoms with Crippen LogP contribution in [0.15, 0.2) is 18.5 Å². The number of hydrogen-bond acceptors (Lipinski definition) is 3. The van der Waals surface area contributed by atoms with E-state index in [9.17, 15) is 9.90 Å². The number of pyridine rings is 1. The molecule has 2 aromatic heterocycles. The molecule has 0 saturated carbocycles. The third-order valence-electron chi connectivity index (χ3n) is 3.00. The molecule has 0 bridgehead atoms. The minimum absolute atomic E-state index is 0.256. The Bertz CT molecular complexity index is 602. The molecular formula is C13H15N3O2. The van der Waals surface area contributed by atoms with Gasteiger partial charge < -0.3 is 5.11 Å². The summed E-state index contributed by atoms with van der Waals surface area (Å²) in [5, 5.41) is 13.6. The molecule has 0 aliphatic heterocycles. The van der Waals surface area contributed by atoms with Crippen molar-refractivity contribution in [3.8, 4) is 11.1 Å². The van der Waals surface area contributed by atoms with Crippen LogP contribution in [0.25, 0.3) is 11.1 Å². The summed E-state index contributed by atoms with van der Waals surface area (Å²) < 4.78 is 1.86. The number of carboxylic acids is 1. The molecule has 2 rings (SSSR count). The lowest BCUT2D eigenvalue weighted by Crippen LogP contribution is -2.02. The number of rotatable bonds is 3. The smallest absolute Gasteiger partial charge is 0.336 e. The molecule has 0 unspecified atom stereocenters. The Balaban J connectivity index is 2.69. The summed E-state index contributed by atoms with van der Waals surface area (Å²) in [6.07, 6.45) is 3.07. The van der Waals surface area contributed by atoms with Crippen LogP contribution in [-0.2, 0) is 6.54 Å². The minimum Gasteiger partial charge on any atom is -0.478 e. The first-order valence-corrected chi connectivity index (χ1v) is 5.78. The molecule has 1 N–H and O–H groups in total. The lowest BCUT2D eigenvalue weighted by atomic mass is 10.0. The van der Waals surface area contributed by atoms with E-state index in [2.05, 4.69) is 10.1 Å². The molecule has 94 valence electrons. The highest BCUT2D eigenvalue weighted by molar-refractivity contribution is 5.96. The van der Waals surface area contributed by atoms with Gasteiger partial charge in [0, 0.05) is 35.8 Å². The van der Waals surface area contributed by atoms with Gasteiger partial charge in [0.2, 0.25) is 0 Å². The van der Waals surface area contributed by atoms with Crippen LogP contribution in [0, 0.1) is 13.8 Å². The molecule has 2 heterocycles. The van der Waals surface area contributed by atoms with Crippen LogP contribution in [-0.4, -0.2) is 25.8 Å². The minimum atomic E-state index is -0.949. The van der Waals surface area contributed by atoms with Crippen LogP contribution >= 0.6 is 0 Å². The largest absolute Gasteiger partial charge is 0.478 e. The Morgan fingerprint density at radius 3 is 2.72 bits per heavy atom. The van der Waals surface area contributed by atoms with Crippen molar-refractivity contribution in [1.82, 2.24) is 14.8 Å². The van der Waals surface area contributed by atoms with Gasteiger partial charge in [0.25, 0.3) is 0 Å². The summed E-state index contributed by atoms with van der Waals surface area (Å²) in [7, 11) is 0. The molecule has 0 radical (unpaired) electrons. The van der Waals surface area contributed by atoms with E-state index in [0.717, 1.165) is 23.5 Å². The van der Waals surface area contributed by atoms with Gasteiger partial charge in [-0.25, -0.2) is 4.79 Å². The van der Waals surface area contributed by atoms with E-state index in [0.29, 0.717) is 5.56 Å². The molecule has 0 amide bonds. The Morgan fingerprint density at radius 1 is 1.44 bits per heavy atom. The molecule has 5 nitrogen and oxygen atoms in total. The van der Waals surface area contributed by atoms with E-state index < -0.39 is 5.97 Å². The second-order valence-corrected chi connectivity index (χ2v) is 4.09. The summed E-state index contributed by atoms with van der Waals surface area (Å²) in [4.78, 5) is 15.3. The second-order valence-electron chi connectivity index (χ2n) is 4.09. The van der Waals surface area contributed by atoms with Gasteiger partial charge in [-0.05, 0) is 26.8 Å². The third kappa shape index (κ3) is 1.88. The van der Waals surface area contributed by atoms with Crippen LogP contribution in [0.4, 0.5) is 0 Å². The van der Waals surface area contributed by atoms with Gasteiger partial charge in [-0.2, -0.15) is 5.10 Å². The fourth-order valence-corrected chi connectivity index (χ4v) is 2.17. The fourth-order valence-electron chi connectivity index (χ4n) is 2.17. The monoisotopic (exact) mass is 245 g/mol. The van der Waals surface area contributed by atoms with Gasteiger partial charge in [-0.1, -0.05) is 0 Å². The van der Waals surface area contributed by atoms with Gasteiger partial charge in [-0.15, -0.1) is 0 Å². The maximum Gasteiger partial charge on any atom is 0.336 e. The highest BCUT2D eigenvalue weighted by Gasteiger charge is 2.18. The maximum atomic E-state index is 11.2. The van der Waals surface area contributed by atoms with E-state index in [1.165, 1.54) is 12.3 Å². The van der Waals surface area contributed by atoms with Gasteiger partial charge in [0.1, 0.15) is 0 Å².